The quantitative estimate of drug-likeness (QED) is 0.920. The van der Waals surface area contributed by atoms with Crippen LogP contribution in [0.25, 0.3) is 0 Å². The summed E-state index contributed by atoms with van der Waals surface area (Å²) in [5.74, 6) is 0.307. The van der Waals surface area contributed by atoms with Crippen LogP contribution in [0, 0.1) is 0 Å². The number of nitrogens with zero attached hydrogens (tertiary/aromatic N) is 1. The molecule has 5 nitrogen and oxygen atoms in total. The first-order valence-corrected chi connectivity index (χ1v) is 8.10. The van der Waals surface area contributed by atoms with Crippen molar-refractivity contribution in [1.82, 2.24) is 4.90 Å². The van der Waals surface area contributed by atoms with Gasteiger partial charge in [-0.25, -0.2) is 0 Å². The van der Waals surface area contributed by atoms with Gasteiger partial charge in [0.2, 0.25) is 0 Å². The van der Waals surface area contributed by atoms with Crippen molar-refractivity contribution in [2.24, 2.45) is 0 Å². The number of anilines is 1. The van der Waals surface area contributed by atoms with E-state index in [1.165, 1.54) is 0 Å². The van der Waals surface area contributed by atoms with Crippen LogP contribution in [0.5, 0.6) is 5.75 Å². The van der Waals surface area contributed by atoms with Gasteiger partial charge in [0.15, 0.2) is 6.61 Å². The highest BCUT2D eigenvalue weighted by Gasteiger charge is 2.22. The maximum absolute atomic E-state index is 12.6. The fourth-order valence-corrected chi connectivity index (χ4v) is 2.72. The summed E-state index contributed by atoms with van der Waals surface area (Å²) in [5.41, 5.74) is 1.04. The van der Waals surface area contributed by atoms with Crippen LogP contribution in [0.1, 0.15) is 23.2 Å². The van der Waals surface area contributed by atoms with Crippen LogP contribution in [0.4, 0.5) is 5.69 Å². The number of hydrogen-bond donors (Lipinski definition) is 1. The molecule has 0 atom stereocenters. The summed E-state index contributed by atoms with van der Waals surface area (Å²) in [4.78, 5) is 26.5. The predicted molar refractivity (Wildman–Crippen MR) is 92.1 cm³/mol. The number of ether oxygens (including phenoxy) is 1. The molecular weight excluding hydrogens is 304 g/mol. The number of nitrogens with one attached hydrogen (secondary N) is 1. The molecule has 124 valence electrons. The molecule has 2 amide bonds. The SMILES string of the molecule is O=C(COc1ccccc1)Nc1ccccc1C(=O)N1CCCC1. The van der Waals surface area contributed by atoms with Gasteiger partial charge in [0, 0.05) is 13.1 Å². The number of para-hydroxylation sites is 2. The number of hydrogen-bond acceptors (Lipinski definition) is 3. The van der Waals surface area contributed by atoms with Crippen LogP contribution < -0.4 is 10.1 Å². The molecule has 0 radical (unpaired) electrons. The van der Waals surface area contributed by atoms with Crippen LogP contribution in [0.3, 0.4) is 0 Å². The molecule has 0 spiro atoms. The highest BCUT2D eigenvalue weighted by atomic mass is 16.5. The van der Waals surface area contributed by atoms with Crippen LogP contribution in [0.15, 0.2) is 54.6 Å². The van der Waals surface area contributed by atoms with E-state index in [0.29, 0.717) is 17.0 Å². The van der Waals surface area contributed by atoms with Crippen molar-refractivity contribution in [3.8, 4) is 5.75 Å². The second kappa shape index (κ2) is 7.64. The standard InChI is InChI=1S/C19H20N2O3/c22-18(14-24-15-8-2-1-3-9-15)20-17-11-5-4-10-16(17)19(23)21-12-6-7-13-21/h1-5,8-11H,6-7,12-14H2,(H,20,22). The number of amides is 2. The molecule has 24 heavy (non-hydrogen) atoms. The highest BCUT2D eigenvalue weighted by Crippen LogP contribution is 2.20. The Morgan fingerprint density at radius 3 is 2.38 bits per heavy atom. The van der Waals surface area contributed by atoms with E-state index in [1.807, 2.05) is 23.1 Å². The third-order valence-electron chi connectivity index (χ3n) is 3.94. The van der Waals surface area contributed by atoms with E-state index < -0.39 is 0 Å². The molecule has 1 fully saturated rings. The van der Waals surface area contributed by atoms with Crippen molar-refractivity contribution >= 4 is 17.5 Å². The molecule has 0 aromatic heterocycles. The largest absolute Gasteiger partial charge is 0.484 e. The highest BCUT2D eigenvalue weighted by molar-refractivity contribution is 6.04. The molecule has 1 aliphatic rings. The minimum absolute atomic E-state index is 0.0348. The minimum atomic E-state index is -0.291. The summed E-state index contributed by atoms with van der Waals surface area (Å²) < 4.78 is 5.43. The van der Waals surface area contributed by atoms with Gasteiger partial charge in [-0.15, -0.1) is 0 Å². The second-order valence-electron chi connectivity index (χ2n) is 5.69. The van der Waals surface area contributed by atoms with E-state index in [0.717, 1.165) is 25.9 Å². The molecule has 1 heterocycles. The zero-order chi connectivity index (χ0) is 16.8. The molecule has 1 N–H and O–H groups in total. The molecule has 1 saturated heterocycles. The van der Waals surface area contributed by atoms with Gasteiger partial charge in [0.25, 0.3) is 11.8 Å². The summed E-state index contributed by atoms with van der Waals surface area (Å²) in [6.07, 6.45) is 2.07. The lowest BCUT2D eigenvalue weighted by Crippen LogP contribution is -2.29. The summed E-state index contributed by atoms with van der Waals surface area (Å²) >= 11 is 0. The number of carbonyl (C=O) groups is 2. The third-order valence-corrected chi connectivity index (χ3v) is 3.94. The summed E-state index contributed by atoms with van der Waals surface area (Å²) in [5, 5.41) is 2.77. The second-order valence-corrected chi connectivity index (χ2v) is 5.69. The van der Waals surface area contributed by atoms with E-state index in [-0.39, 0.29) is 18.4 Å². The molecular formula is C19H20N2O3. The molecule has 3 rings (SSSR count). The fraction of sp³-hybridized carbons (Fsp3) is 0.263. The number of likely N-dealkylation sites (tertiary alicyclic amines) is 1. The van der Waals surface area contributed by atoms with E-state index in [1.54, 1.807) is 36.4 Å². The first-order valence-electron chi connectivity index (χ1n) is 8.10. The van der Waals surface area contributed by atoms with Crippen LogP contribution in [-0.4, -0.2) is 36.4 Å². The molecule has 0 aliphatic carbocycles. The lowest BCUT2D eigenvalue weighted by atomic mass is 10.1. The number of benzene rings is 2. The minimum Gasteiger partial charge on any atom is -0.484 e. The van der Waals surface area contributed by atoms with Crippen molar-refractivity contribution in [1.29, 1.82) is 0 Å². The van der Waals surface area contributed by atoms with Crippen LogP contribution in [0.2, 0.25) is 0 Å². The van der Waals surface area contributed by atoms with Gasteiger partial charge >= 0.3 is 0 Å². The topological polar surface area (TPSA) is 58.6 Å². The first kappa shape index (κ1) is 16.1. The van der Waals surface area contributed by atoms with Gasteiger partial charge in [-0.05, 0) is 37.1 Å². The maximum Gasteiger partial charge on any atom is 0.262 e. The van der Waals surface area contributed by atoms with Crippen molar-refractivity contribution in [2.75, 3.05) is 25.0 Å². The predicted octanol–water partition coefficient (Wildman–Crippen LogP) is 2.94. The normalized spacial score (nSPS) is 13.6. The third kappa shape index (κ3) is 3.93. The van der Waals surface area contributed by atoms with Crippen molar-refractivity contribution in [3.63, 3.8) is 0 Å². The van der Waals surface area contributed by atoms with Crippen molar-refractivity contribution < 1.29 is 14.3 Å². The number of rotatable bonds is 5. The Hall–Kier alpha value is -2.82. The van der Waals surface area contributed by atoms with E-state index >= 15 is 0 Å². The smallest absolute Gasteiger partial charge is 0.262 e. The zero-order valence-electron chi connectivity index (χ0n) is 13.4. The molecule has 0 saturated carbocycles. The lowest BCUT2D eigenvalue weighted by molar-refractivity contribution is -0.118. The Bertz CT molecular complexity index is 710. The zero-order valence-corrected chi connectivity index (χ0v) is 13.4. The molecule has 0 unspecified atom stereocenters. The monoisotopic (exact) mass is 324 g/mol. The average molecular weight is 324 g/mol. The molecule has 2 aromatic carbocycles. The summed E-state index contributed by atoms with van der Waals surface area (Å²) in [6.45, 7) is 1.45. The van der Waals surface area contributed by atoms with Gasteiger partial charge in [0.05, 0.1) is 11.3 Å². The van der Waals surface area contributed by atoms with E-state index in [9.17, 15) is 9.59 Å². The van der Waals surface area contributed by atoms with Gasteiger partial charge < -0.3 is 15.0 Å². The first-order chi connectivity index (χ1) is 11.7. The average Bonchev–Trinajstić information content (AvgIpc) is 3.15. The summed E-state index contributed by atoms with van der Waals surface area (Å²) in [6, 6.07) is 16.2. The van der Waals surface area contributed by atoms with Gasteiger partial charge in [0.1, 0.15) is 5.75 Å². The van der Waals surface area contributed by atoms with Crippen molar-refractivity contribution in [2.45, 2.75) is 12.8 Å². The Morgan fingerprint density at radius 2 is 1.62 bits per heavy atom. The van der Waals surface area contributed by atoms with Crippen LogP contribution >= 0.6 is 0 Å². The van der Waals surface area contributed by atoms with Crippen molar-refractivity contribution in [3.05, 3.63) is 60.2 Å². The Kier molecular flexibility index (Phi) is 5.11. The maximum atomic E-state index is 12.6. The summed E-state index contributed by atoms with van der Waals surface area (Å²) in [7, 11) is 0. The Morgan fingerprint density at radius 1 is 0.958 bits per heavy atom. The van der Waals surface area contributed by atoms with E-state index in [4.69, 9.17) is 4.74 Å². The molecule has 5 heteroatoms. The Balaban J connectivity index is 1.64. The lowest BCUT2D eigenvalue weighted by Gasteiger charge is -2.18. The van der Waals surface area contributed by atoms with Crippen LogP contribution in [-0.2, 0) is 4.79 Å². The molecule has 1 aliphatic heterocycles. The molecule has 0 bridgehead atoms. The molecule has 2 aromatic rings. The fourth-order valence-electron chi connectivity index (χ4n) is 2.72. The van der Waals surface area contributed by atoms with Gasteiger partial charge in [-0.1, -0.05) is 30.3 Å². The Labute approximate surface area is 141 Å². The van der Waals surface area contributed by atoms with Gasteiger partial charge in [-0.3, -0.25) is 9.59 Å². The van der Waals surface area contributed by atoms with E-state index in [2.05, 4.69) is 5.32 Å². The number of carbonyl (C=O) groups excluding carboxylic acids is 2. The van der Waals surface area contributed by atoms with Gasteiger partial charge in [-0.2, -0.15) is 0 Å².